The van der Waals surface area contributed by atoms with E-state index in [1.54, 1.807) is 6.08 Å². The highest BCUT2D eigenvalue weighted by Crippen LogP contribution is 2.19. The van der Waals surface area contributed by atoms with Crippen molar-refractivity contribution in [1.29, 1.82) is 0 Å². The third-order valence-corrected chi connectivity index (χ3v) is 2.99. The fourth-order valence-corrected chi connectivity index (χ4v) is 1.83. The Morgan fingerprint density at radius 1 is 1.20 bits per heavy atom. The molecule has 0 radical (unpaired) electrons. The van der Waals surface area contributed by atoms with Crippen molar-refractivity contribution < 1.29 is 4.79 Å². The topological polar surface area (TPSA) is 17.1 Å². The summed E-state index contributed by atoms with van der Waals surface area (Å²) in [4.78, 5) is 10.2. The summed E-state index contributed by atoms with van der Waals surface area (Å²) in [7, 11) is 0. The maximum atomic E-state index is 10.2. The number of carbonyl (C=O) groups excluding carboxylic acids is 1. The van der Waals surface area contributed by atoms with Gasteiger partial charge in [-0.25, -0.2) is 0 Å². The predicted octanol–water partition coefficient (Wildman–Crippen LogP) is 4.29. The summed E-state index contributed by atoms with van der Waals surface area (Å²) in [6.45, 7) is 8.71. The number of hydrogen-bond acceptors (Lipinski definition) is 1. The fourth-order valence-electron chi connectivity index (χ4n) is 1.83. The van der Waals surface area contributed by atoms with Crippen LogP contribution in [0.4, 0.5) is 0 Å². The van der Waals surface area contributed by atoms with Crippen LogP contribution in [-0.4, -0.2) is 6.29 Å². The molecule has 0 heterocycles. The third-order valence-electron chi connectivity index (χ3n) is 2.99. The minimum Gasteiger partial charge on any atom is -0.299 e. The lowest BCUT2D eigenvalue weighted by atomic mass is 9.94. The Labute approximate surface area is 94.3 Å². The molecule has 0 aromatic rings. The summed E-state index contributed by atoms with van der Waals surface area (Å²) in [6, 6.07) is 0. The maximum Gasteiger partial charge on any atom is 0.142 e. The minimum absolute atomic E-state index is 0.736. The van der Waals surface area contributed by atoms with Crippen molar-refractivity contribution in [2.45, 2.75) is 53.4 Å². The second-order valence-electron chi connectivity index (χ2n) is 4.15. The molecule has 0 aliphatic heterocycles. The summed E-state index contributed by atoms with van der Waals surface area (Å²) < 4.78 is 0. The predicted molar refractivity (Wildman–Crippen MR) is 66.9 cm³/mol. The molecule has 0 aromatic heterocycles. The van der Waals surface area contributed by atoms with Gasteiger partial charge in [0.15, 0.2) is 0 Å². The molecule has 0 unspecified atom stereocenters. The van der Waals surface area contributed by atoms with Crippen LogP contribution in [0.15, 0.2) is 23.3 Å². The first-order valence-electron chi connectivity index (χ1n) is 5.93. The highest BCUT2D eigenvalue weighted by molar-refractivity contribution is 5.65. The van der Waals surface area contributed by atoms with Gasteiger partial charge >= 0.3 is 0 Å². The van der Waals surface area contributed by atoms with Crippen LogP contribution in [0.3, 0.4) is 0 Å². The second-order valence-corrected chi connectivity index (χ2v) is 4.15. The lowest BCUT2D eigenvalue weighted by molar-refractivity contribution is -0.104. The summed E-state index contributed by atoms with van der Waals surface area (Å²) in [5.41, 5.74) is 2.66. The van der Waals surface area contributed by atoms with Crippen molar-refractivity contribution in [3.05, 3.63) is 23.3 Å². The lowest BCUT2D eigenvalue weighted by Crippen LogP contribution is -1.98. The highest BCUT2D eigenvalue weighted by atomic mass is 16.1. The SMILES string of the molecule is CCC(CC)C(C)=CCCC(C)=CC=O. The number of hydrogen-bond donors (Lipinski definition) is 0. The normalized spacial score (nSPS) is 13.4. The summed E-state index contributed by atoms with van der Waals surface area (Å²) >= 11 is 0. The van der Waals surface area contributed by atoms with Gasteiger partial charge < -0.3 is 0 Å². The van der Waals surface area contributed by atoms with E-state index in [-0.39, 0.29) is 0 Å². The first kappa shape index (κ1) is 14.2. The molecule has 0 saturated heterocycles. The van der Waals surface area contributed by atoms with Gasteiger partial charge in [-0.3, -0.25) is 4.79 Å². The first-order valence-corrected chi connectivity index (χ1v) is 5.93. The molecule has 0 N–H and O–H groups in total. The molecule has 0 spiro atoms. The molecule has 1 heteroatoms. The van der Waals surface area contributed by atoms with Crippen molar-refractivity contribution >= 4 is 6.29 Å². The van der Waals surface area contributed by atoms with E-state index in [2.05, 4.69) is 26.8 Å². The Bertz CT molecular complexity index is 232. The molecule has 0 aliphatic carbocycles. The largest absolute Gasteiger partial charge is 0.299 e. The van der Waals surface area contributed by atoms with Crippen LogP contribution in [0.25, 0.3) is 0 Å². The fraction of sp³-hybridized carbons (Fsp3) is 0.643. The molecule has 0 amide bonds. The first-order chi connectivity index (χ1) is 7.15. The van der Waals surface area contributed by atoms with Gasteiger partial charge in [-0.2, -0.15) is 0 Å². The number of carbonyl (C=O) groups is 1. The molecule has 1 nitrogen and oxygen atoms in total. The molecular weight excluding hydrogens is 184 g/mol. The standard InChI is InChI=1S/C14H24O/c1-5-14(6-2)13(4)9-7-8-12(3)10-11-15/h9-11,14H,5-8H2,1-4H3. The zero-order valence-electron chi connectivity index (χ0n) is 10.5. The van der Waals surface area contributed by atoms with Crippen molar-refractivity contribution in [1.82, 2.24) is 0 Å². The molecule has 0 aliphatic rings. The van der Waals surface area contributed by atoms with Crippen molar-refractivity contribution in [2.24, 2.45) is 5.92 Å². The quantitative estimate of drug-likeness (QED) is 0.346. The van der Waals surface area contributed by atoms with Crippen molar-refractivity contribution in [3.63, 3.8) is 0 Å². The van der Waals surface area contributed by atoms with E-state index in [1.807, 2.05) is 6.92 Å². The Morgan fingerprint density at radius 3 is 2.27 bits per heavy atom. The Hall–Kier alpha value is -0.850. The van der Waals surface area contributed by atoms with Gasteiger partial charge in [-0.05, 0) is 51.5 Å². The Kier molecular flexibility index (Phi) is 7.98. The average Bonchev–Trinajstić information content (AvgIpc) is 2.20. The molecule has 0 atom stereocenters. The smallest absolute Gasteiger partial charge is 0.142 e. The summed E-state index contributed by atoms with van der Waals surface area (Å²) in [6.07, 6.45) is 9.34. The third kappa shape index (κ3) is 6.27. The van der Waals surface area contributed by atoms with Crippen LogP contribution in [0.5, 0.6) is 0 Å². The minimum atomic E-state index is 0.736. The molecule has 0 aromatic carbocycles. The molecular formula is C14H24O. The number of allylic oxidation sites excluding steroid dienone is 4. The Balaban J connectivity index is 4.05. The summed E-state index contributed by atoms with van der Waals surface area (Å²) in [5.74, 6) is 0.736. The van der Waals surface area contributed by atoms with E-state index in [0.717, 1.165) is 25.0 Å². The number of aldehydes is 1. The van der Waals surface area contributed by atoms with Gasteiger partial charge in [0.2, 0.25) is 0 Å². The zero-order valence-corrected chi connectivity index (χ0v) is 10.5. The molecule has 86 valence electrons. The zero-order chi connectivity index (χ0) is 11.7. The van der Waals surface area contributed by atoms with Crippen molar-refractivity contribution in [3.8, 4) is 0 Å². The van der Waals surface area contributed by atoms with E-state index in [1.165, 1.54) is 24.0 Å². The average molecular weight is 208 g/mol. The molecule has 0 rings (SSSR count). The van der Waals surface area contributed by atoms with E-state index < -0.39 is 0 Å². The van der Waals surface area contributed by atoms with Gasteiger partial charge in [0.25, 0.3) is 0 Å². The van der Waals surface area contributed by atoms with Crippen LogP contribution in [0.2, 0.25) is 0 Å². The molecule has 0 fully saturated rings. The van der Waals surface area contributed by atoms with E-state index in [9.17, 15) is 4.79 Å². The number of rotatable bonds is 7. The van der Waals surface area contributed by atoms with Gasteiger partial charge in [0.05, 0.1) is 0 Å². The maximum absolute atomic E-state index is 10.2. The van der Waals surface area contributed by atoms with Crippen LogP contribution in [-0.2, 0) is 4.79 Å². The second kappa shape index (κ2) is 8.46. The summed E-state index contributed by atoms with van der Waals surface area (Å²) in [5, 5.41) is 0. The molecule has 0 saturated carbocycles. The lowest BCUT2D eigenvalue weighted by Gasteiger charge is -2.12. The van der Waals surface area contributed by atoms with Crippen LogP contribution in [0.1, 0.15) is 53.4 Å². The monoisotopic (exact) mass is 208 g/mol. The van der Waals surface area contributed by atoms with Gasteiger partial charge in [-0.1, -0.05) is 31.1 Å². The van der Waals surface area contributed by atoms with Crippen molar-refractivity contribution in [2.75, 3.05) is 0 Å². The highest BCUT2D eigenvalue weighted by Gasteiger charge is 2.04. The van der Waals surface area contributed by atoms with E-state index in [0.29, 0.717) is 0 Å². The van der Waals surface area contributed by atoms with Crippen LogP contribution < -0.4 is 0 Å². The van der Waals surface area contributed by atoms with Crippen LogP contribution in [0, 0.1) is 5.92 Å². The van der Waals surface area contributed by atoms with Gasteiger partial charge in [-0.15, -0.1) is 0 Å². The van der Waals surface area contributed by atoms with E-state index >= 15 is 0 Å². The van der Waals surface area contributed by atoms with E-state index in [4.69, 9.17) is 0 Å². The van der Waals surface area contributed by atoms with Gasteiger partial charge in [0, 0.05) is 0 Å². The van der Waals surface area contributed by atoms with Gasteiger partial charge in [0.1, 0.15) is 6.29 Å². The van der Waals surface area contributed by atoms with Crippen LogP contribution >= 0.6 is 0 Å². The molecule has 0 bridgehead atoms. The Morgan fingerprint density at radius 2 is 1.80 bits per heavy atom. The molecule has 15 heavy (non-hydrogen) atoms.